The van der Waals surface area contributed by atoms with Crippen LogP contribution < -0.4 is 5.73 Å². The maximum Gasteiger partial charge on any atom is 0.144 e. The Labute approximate surface area is 121 Å². The van der Waals surface area contributed by atoms with E-state index >= 15 is 0 Å². The Morgan fingerprint density at radius 1 is 1.10 bits per heavy atom. The minimum Gasteiger partial charge on any atom is -0.399 e. The number of hydrogen-bond acceptors (Lipinski definition) is 3. The van der Waals surface area contributed by atoms with Crippen LogP contribution in [0, 0.1) is 28.8 Å². The van der Waals surface area contributed by atoms with Crippen molar-refractivity contribution in [2.45, 2.75) is 10.6 Å². The van der Waals surface area contributed by atoms with Crippen LogP contribution in [0.1, 0.15) is 11.1 Å². The van der Waals surface area contributed by atoms with Crippen LogP contribution in [-0.2, 0) is 16.6 Å². The van der Waals surface area contributed by atoms with Crippen LogP contribution in [0.25, 0.3) is 0 Å². The van der Waals surface area contributed by atoms with Gasteiger partial charge in [-0.05, 0) is 30.3 Å². The zero-order valence-corrected chi connectivity index (χ0v) is 11.4. The fourth-order valence-electron chi connectivity index (χ4n) is 1.77. The van der Waals surface area contributed by atoms with E-state index in [9.17, 15) is 17.4 Å². The fraction of sp³-hybridized carbons (Fsp3) is 0.0714. The standard InChI is InChI=1S/C14H9F3N2OS/c15-11-2-1-8(6-18)3-9(11)7-21(20)14-12(16)4-10(19)5-13(14)17/h1-5H,7,19H2. The molecule has 0 aromatic heterocycles. The van der Waals surface area contributed by atoms with Crippen molar-refractivity contribution in [3.05, 3.63) is 58.9 Å². The molecule has 21 heavy (non-hydrogen) atoms. The SMILES string of the molecule is N#Cc1ccc(F)c(CS(=O)c2c(F)cc(N)cc2F)c1. The van der Waals surface area contributed by atoms with E-state index in [4.69, 9.17) is 11.0 Å². The summed E-state index contributed by atoms with van der Waals surface area (Å²) in [5, 5.41) is 8.74. The minimum absolute atomic E-state index is 0.0528. The maximum absolute atomic E-state index is 13.7. The third-order valence-corrected chi connectivity index (χ3v) is 4.13. The van der Waals surface area contributed by atoms with Gasteiger partial charge in [0.2, 0.25) is 0 Å². The van der Waals surface area contributed by atoms with Crippen molar-refractivity contribution in [3.8, 4) is 6.07 Å². The number of benzene rings is 2. The van der Waals surface area contributed by atoms with Crippen LogP contribution in [0.5, 0.6) is 0 Å². The van der Waals surface area contributed by atoms with E-state index in [1.165, 1.54) is 12.1 Å². The Morgan fingerprint density at radius 3 is 2.29 bits per heavy atom. The molecule has 0 spiro atoms. The van der Waals surface area contributed by atoms with E-state index in [2.05, 4.69) is 0 Å². The molecule has 0 aliphatic heterocycles. The highest BCUT2D eigenvalue weighted by molar-refractivity contribution is 7.84. The van der Waals surface area contributed by atoms with Gasteiger partial charge in [0.15, 0.2) is 0 Å². The molecule has 0 radical (unpaired) electrons. The highest BCUT2D eigenvalue weighted by Gasteiger charge is 2.19. The molecule has 1 atom stereocenters. The van der Waals surface area contributed by atoms with E-state index in [1.807, 2.05) is 6.07 Å². The van der Waals surface area contributed by atoms with E-state index in [-0.39, 0.29) is 16.8 Å². The Bertz CT molecular complexity index is 748. The number of hydrogen-bond donors (Lipinski definition) is 1. The lowest BCUT2D eigenvalue weighted by molar-refractivity contribution is 0.535. The number of anilines is 1. The molecular weight excluding hydrogens is 301 g/mol. The Balaban J connectivity index is 2.37. The zero-order valence-electron chi connectivity index (χ0n) is 10.6. The van der Waals surface area contributed by atoms with Crippen LogP contribution in [0.2, 0.25) is 0 Å². The highest BCUT2D eigenvalue weighted by atomic mass is 32.2. The number of nitrogens with two attached hydrogens (primary N) is 1. The van der Waals surface area contributed by atoms with Crippen LogP contribution in [0.4, 0.5) is 18.9 Å². The summed E-state index contributed by atoms with van der Waals surface area (Å²) in [6.45, 7) is 0. The molecule has 2 N–H and O–H groups in total. The van der Waals surface area contributed by atoms with Crippen molar-refractivity contribution >= 4 is 16.5 Å². The Hall–Kier alpha value is -2.33. The third-order valence-electron chi connectivity index (χ3n) is 2.71. The first kappa shape index (κ1) is 15.1. The summed E-state index contributed by atoms with van der Waals surface area (Å²) >= 11 is 0. The van der Waals surface area contributed by atoms with Gasteiger partial charge in [-0.1, -0.05) is 0 Å². The van der Waals surface area contributed by atoms with Gasteiger partial charge in [-0.2, -0.15) is 5.26 Å². The van der Waals surface area contributed by atoms with Gasteiger partial charge in [0.05, 0.1) is 28.2 Å². The molecule has 3 nitrogen and oxygen atoms in total. The van der Waals surface area contributed by atoms with Crippen molar-refractivity contribution in [2.75, 3.05) is 5.73 Å². The van der Waals surface area contributed by atoms with Crippen molar-refractivity contribution < 1.29 is 17.4 Å². The van der Waals surface area contributed by atoms with Crippen LogP contribution in [0.3, 0.4) is 0 Å². The molecule has 0 amide bonds. The first-order valence-electron chi connectivity index (χ1n) is 5.73. The Kier molecular flexibility index (Phi) is 4.29. The lowest BCUT2D eigenvalue weighted by atomic mass is 10.1. The topological polar surface area (TPSA) is 66.9 Å². The molecule has 2 aromatic carbocycles. The number of nitrogens with zero attached hydrogens (tertiary/aromatic N) is 1. The maximum atomic E-state index is 13.7. The van der Waals surface area contributed by atoms with E-state index in [0.717, 1.165) is 18.2 Å². The second kappa shape index (κ2) is 5.97. The largest absolute Gasteiger partial charge is 0.399 e. The second-order valence-corrected chi connectivity index (χ2v) is 5.61. The normalized spacial score (nSPS) is 11.9. The fourth-order valence-corrected chi connectivity index (χ4v) is 2.97. The molecule has 0 saturated heterocycles. The second-order valence-electron chi connectivity index (χ2n) is 4.22. The number of halogens is 3. The predicted molar refractivity (Wildman–Crippen MR) is 72.0 cm³/mol. The van der Waals surface area contributed by atoms with Gasteiger partial charge < -0.3 is 5.73 Å². The van der Waals surface area contributed by atoms with Crippen molar-refractivity contribution in [1.82, 2.24) is 0 Å². The predicted octanol–water partition coefficient (Wildman–Crippen LogP) is 2.87. The molecule has 0 aliphatic carbocycles. The molecule has 0 aliphatic rings. The number of nitriles is 1. The summed E-state index contributed by atoms with van der Waals surface area (Å²) in [5.74, 6) is -3.25. The molecule has 0 heterocycles. The molecule has 0 fully saturated rings. The van der Waals surface area contributed by atoms with Gasteiger partial charge >= 0.3 is 0 Å². The molecule has 0 saturated carbocycles. The molecule has 7 heteroatoms. The summed E-state index contributed by atoms with van der Waals surface area (Å²) in [6, 6.07) is 6.99. The number of nitrogen functional groups attached to an aromatic ring is 1. The summed E-state index contributed by atoms with van der Waals surface area (Å²) in [4.78, 5) is -0.661. The van der Waals surface area contributed by atoms with E-state index < -0.39 is 38.9 Å². The molecule has 2 aromatic rings. The lowest BCUT2D eigenvalue weighted by Gasteiger charge is -2.07. The van der Waals surface area contributed by atoms with Crippen LogP contribution >= 0.6 is 0 Å². The monoisotopic (exact) mass is 310 g/mol. The van der Waals surface area contributed by atoms with Gasteiger partial charge in [-0.25, -0.2) is 13.2 Å². The van der Waals surface area contributed by atoms with E-state index in [1.54, 1.807) is 0 Å². The van der Waals surface area contributed by atoms with Gasteiger partial charge in [-0.3, -0.25) is 4.21 Å². The molecule has 108 valence electrons. The summed E-state index contributed by atoms with van der Waals surface area (Å²) in [5.41, 5.74) is 5.25. The van der Waals surface area contributed by atoms with Gasteiger partial charge in [0, 0.05) is 11.3 Å². The summed E-state index contributed by atoms with van der Waals surface area (Å²) < 4.78 is 53.0. The molecule has 2 rings (SSSR count). The quantitative estimate of drug-likeness (QED) is 0.886. The Morgan fingerprint density at radius 2 is 1.71 bits per heavy atom. The molecule has 1 unspecified atom stereocenters. The van der Waals surface area contributed by atoms with Gasteiger partial charge in [-0.15, -0.1) is 0 Å². The molecular formula is C14H9F3N2OS. The molecule has 0 bridgehead atoms. The smallest absolute Gasteiger partial charge is 0.144 e. The highest BCUT2D eigenvalue weighted by Crippen LogP contribution is 2.23. The van der Waals surface area contributed by atoms with Crippen LogP contribution in [-0.4, -0.2) is 4.21 Å². The van der Waals surface area contributed by atoms with Crippen molar-refractivity contribution in [3.63, 3.8) is 0 Å². The van der Waals surface area contributed by atoms with Gasteiger partial charge in [0.1, 0.15) is 22.3 Å². The summed E-state index contributed by atoms with van der Waals surface area (Å²) in [6.07, 6.45) is 0. The first-order chi connectivity index (χ1) is 9.92. The van der Waals surface area contributed by atoms with Crippen molar-refractivity contribution in [1.29, 1.82) is 5.26 Å². The van der Waals surface area contributed by atoms with Gasteiger partial charge in [0.25, 0.3) is 0 Å². The average Bonchev–Trinajstić information content (AvgIpc) is 2.40. The van der Waals surface area contributed by atoms with E-state index in [0.29, 0.717) is 0 Å². The zero-order chi connectivity index (χ0) is 15.6. The average molecular weight is 310 g/mol. The summed E-state index contributed by atoms with van der Waals surface area (Å²) in [7, 11) is -2.14. The number of rotatable bonds is 3. The third kappa shape index (κ3) is 3.23. The van der Waals surface area contributed by atoms with Crippen molar-refractivity contribution in [2.24, 2.45) is 0 Å². The first-order valence-corrected chi connectivity index (χ1v) is 7.05. The lowest BCUT2D eigenvalue weighted by Crippen LogP contribution is -2.05. The van der Waals surface area contributed by atoms with Crippen LogP contribution in [0.15, 0.2) is 35.2 Å². The minimum atomic E-state index is -2.14.